The molecule has 0 radical (unpaired) electrons. The minimum absolute atomic E-state index is 0.146. The van der Waals surface area contributed by atoms with E-state index < -0.39 is 0 Å². The molecular formula is C15H12BrClN2OS. The number of halogens is 2. The zero-order valence-corrected chi connectivity index (χ0v) is 14.3. The summed E-state index contributed by atoms with van der Waals surface area (Å²) in [7, 11) is 1.70. The Labute approximate surface area is 141 Å². The second-order valence-corrected chi connectivity index (χ2v) is 6.11. The topological polar surface area (TPSA) is 46.3 Å². The first-order valence-corrected chi connectivity index (χ1v) is 7.61. The molecule has 0 fully saturated rings. The Bertz CT molecular complexity index is 703. The van der Waals surface area contributed by atoms with E-state index >= 15 is 0 Å². The summed E-state index contributed by atoms with van der Waals surface area (Å²) in [6, 6.07) is 12.3. The number of nitrogens with two attached hydrogens (primary N) is 1. The number of thiocarbonyl (C=S) groups is 1. The van der Waals surface area contributed by atoms with E-state index in [0.717, 1.165) is 15.7 Å². The van der Waals surface area contributed by atoms with Crippen molar-refractivity contribution in [3.05, 3.63) is 63.1 Å². The van der Waals surface area contributed by atoms with Gasteiger partial charge in [-0.2, -0.15) is 0 Å². The van der Waals surface area contributed by atoms with Gasteiger partial charge in [0.1, 0.15) is 4.99 Å². The summed E-state index contributed by atoms with van der Waals surface area (Å²) >= 11 is 14.2. The molecule has 0 aliphatic heterocycles. The number of hydrogen-bond acceptors (Lipinski definition) is 2. The number of benzene rings is 2. The van der Waals surface area contributed by atoms with E-state index in [1.807, 2.05) is 0 Å². The standard InChI is InChI=1S/C15H12BrClN2OS/c1-19(11-5-2-9(3-6-11)14(18)21)15(20)10-4-7-12(16)13(17)8-10/h2-8H,1H3,(H2,18,21). The van der Waals surface area contributed by atoms with Crippen molar-refractivity contribution in [2.75, 3.05) is 11.9 Å². The van der Waals surface area contributed by atoms with Gasteiger partial charge in [-0.1, -0.05) is 23.8 Å². The van der Waals surface area contributed by atoms with Crippen molar-refractivity contribution in [3.63, 3.8) is 0 Å². The van der Waals surface area contributed by atoms with Crippen molar-refractivity contribution >= 4 is 56.3 Å². The zero-order valence-electron chi connectivity index (χ0n) is 11.1. The molecule has 0 heterocycles. The van der Waals surface area contributed by atoms with E-state index in [0.29, 0.717) is 15.6 Å². The molecule has 0 bridgehead atoms. The third kappa shape index (κ3) is 3.61. The molecule has 2 N–H and O–H groups in total. The highest BCUT2D eigenvalue weighted by atomic mass is 79.9. The SMILES string of the molecule is CN(C(=O)c1ccc(Br)c(Cl)c1)c1ccc(C(N)=S)cc1. The number of nitrogens with zero attached hydrogens (tertiary/aromatic N) is 1. The van der Waals surface area contributed by atoms with Crippen LogP contribution in [0.15, 0.2) is 46.9 Å². The van der Waals surface area contributed by atoms with Gasteiger partial charge in [0.25, 0.3) is 5.91 Å². The number of carbonyl (C=O) groups excluding carboxylic acids is 1. The molecule has 0 aliphatic rings. The predicted octanol–water partition coefficient (Wildman–Crippen LogP) is 4.01. The summed E-state index contributed by atoms with van der Waals surface area (Å²) < 4.78 is 0.754. The van der Waals surface area contributed by atoms with Crippen molar-refractivity contribution in [2.45, 2.75) is 0 Å². The van der Waals surface area contributed by atoms with Crippen LogP contribution in [-0.2, 0) is 0 Å². The fourth-order valence-electron chi connectivity index (χ4n) is 1.79. The Morgan fingerprint density at radius 1 is 1.19 bits per heavy atom. The summed E-state index contributed by atoms with van der Waals surface area (Å²) in [5.74, 6) is -0.146. The van der Waals surface area contributed by atoms with E-state index in [4.69, 9.17) is 29.6 Å². The highest BCUT2D eigenvalue weighted by molar-refractivity contribution is 9.10. The Morgan fingerprint density at radius 3 is 2.29 bits per heavy atom. The van der Waals surface area contributed by atoms with Gasteiger partial charge in [-0.05, 0) is 58.4 Å². The molecule has 2 rings (SSSR count). The molecule has 0 unspecified atom stereocenters. The maximum absolute atomic E-state index is 12.4. The first-order chi connectivity index (χ1) is 9.90. The monoisotopic (exact) mass is 382 g/mol. The average molecular weight is 384 g/mol. The smallest absolute Gasteiger partial charge is 0.258 e. The molecule has 0 saturated heterocycles. The van der Waals surface area contributed by atoms with Gasteiger partial charge in [-0.15, -0.1) is 0 Å². The van der Waals surface area contributed by atoms with E-state index in [1.54, 1.807) is 54.4 Å². The molecule has 108 valence electrons. The second kappa shape index (κ2) is 6.56. The molecule has 0 saturated carbocycles. The molecule has 0 spiro atoms. The maximum atomic E-state index is 12.4. The van der Waals surface area contributed by atoms with Gasteiger partial charge >= 0.3 is 0 Å². The van der Waals surface area contributed by atoms with Crippen LogP contribution in [0, 0.1) is 0 Å². The quantitative estimate of drug-likeness (QED) is 0.815. The van der Waals surface area contributed by atoms with Gasteiger partial charge in [0, 0.05) is 28.3 Å². The van der Waals surface area contributed by atoms with Crippen molar-refractivity contribution in [1.82, 2.24) is 0 Å². The van der Waals surface area contributed by atoms with Crippen LogP contribution in [0.3, 0.4) is 0 Å². The largest absolute Gasteiger partial charge is 0.389 e. The number of rotatable bonds is 3. The van der Waals surface area contributed by atoms with Crippen LogP contribution in [0.25, 0.3) is 0 Å². The van der Waals surface area contributed by atoms with E-state index in [-0.39, 0.29) is 5.91 Å². The fraction of sp³-hybridized carbons (Fsp3) is 0.0667. The molecule has 0 aromatic heterocycles. The molecule has 3 nitrogen and oxygen atoms in total. The van der Waals surface area contributed by atoms with Crippen LogP contribution in [0.1, 0.15) is 15.9 Å². The van der Waals surface area contributed by atoms with Gasteiger partial charge in [-0.25, -0.2) is 0 Å². The fourth-order valence-corrected chi connectivity index (χ4v) is 2.35. The van der Waals surface area contributed by atoms with Crippen LogP contribution >= 0.6 is 39.7 Å². The zero-order chi connectivity index (χ0) is 15.6. The van der Waals surface area contributed by atoms with Gasteiger partial charge in [0.05, 0.1) is 5.02 Å². The second-order valence-electron chi connectivity index (χ2n) is 4.40. The highest BCUT2D eigenvalue weighted by Crippen LogP contribution is 2.24. The molecule has 0 atom stereocenters. The van der Waals surface area contributed by atoms with Crippen molar-refractivity contribution in [1.29, 1.82) is 0 Å². The summed E-state index contributed by atoms with van der Waals surface area (Å²) in [6.07, 6.45) is 0. The lowest BCUT2D eigenvalue weighted by atomic mass is 10.1. The summed E-state index contributed by atoms with van der Waals surface area (Å²) in [5.41, 5.74) is 7.59. The summed E-state index contributed by atoms with van der Waals surface area (Å²) in [5, 5.41) is 0.498. The Balaban J connectivity index is 2.25. The van der Waals surface area contributed by atoms with Crippen molar-refractivity contribution < 1.29 is 4.79 Å². The first kappa shape index (κ1) is 15.9. The van der Waals surface area contributed by atoms with Gasteiger partial charge in [-0.3, -0.25) is 4.79 Å². The molecule has 0 aliphatic carbocycles. The Hall–Kier alpha value is -1.43. The van der Waals surface area contributed by atoms with Crippen LogP contribution in [0.2, 0.25) is 5.02 Å². The van der Waals surface area contributed by atoms with E-state index in [1.165, 1.54) is 0 Å². The first-order valence-electron chi connectivity index (χ1n) is 6.03. The molecule has 6 heteroatoms. The van der Waals surface area contributed by atoms with Gasteiger partial charge in [0.2, 0.25) is 0 Å². The summed E-state index contributed by atoms with van der Waals surface area (Å²) in [6.45, 7) is 0. The Kier molecular flexibility index (Phi) is 4.98. The van der Waals surface area contributed by atoms with Crippen LogP contribution in [0.4, 0.5) is 5.69 Å². The molecule has 2 aromatic rings. The Morgan fingerprint density at radius 2 is 1.76 bits per heavy atom. The average Bonchev–Trinajstić information content (AvgIpc) is 2.48. The number of amides is 1. The van der Waals surface area contributed by atoms with Crippen LogP contribution in [0.5, 0.6) is 0 Å². The van der Waals surface area contributed by atoms with E-state index in [2.05, 4.69) is 15.9 Å². The van der Waals surface area contributed by atoms with Crippen molar-refractivity contribution in [2.24, 2.45) is 5.73 Å². The van der Waals surface area contributed by atoms with Crippen molar-refractivity contribution in [3.8, 4) is 0 Å². The third-order valence-electron chi connectivity index (χ3n) is 3.01. The minimum atomic E-state index is -0.146. The molecular weight excluding hydrogens is 372 g/mol. The molecule has 2 aromatic carbocycles. The lowest BCUT2D eigenvalue weighted by Gasteiger charge is -2.18. The lowest BCUT2D eigenvalue weighted by molar-refractivity contribution is 0.0993. The van der Waals surface area contributed by atoms with Gasteiger partial charge < -0.3 is 10.6 Å². The van der Waals surface area contributed by atoms with Crippen LogP contribution < -0.4 is 10.6 Å². The maximum Gasteiger partial charge on any atom is 0.258 e. The predicted molar refractivity (Wildman–Crippen MR) is 94.2 cm³/mol. The number of carbonyl (C=O) groups is 1. The number of hydrogen-bond donors (Lipinski definition) is 1. The molecule has 21 heavy (non-hydrogen) atoms. The number of anilines is 1. The normalized spacial score (nSPS) is 10.2. The van der Waals surface area contributed by atoms with Crippen LogP contribution in [-0.4, -0.2) is 17.9 Å². The lowest BCUT2D eigenvalue weighted by Crippen LogP contribution is -2.26. The highest BCUT2D eigenvalue weighted by Gasteiger charge is 2.14. The van der Waals surface area contributed by atoms with Gasteiger partial charge in [0.15, 0.2) is 0 Å². The van der Waals surface area contributed by atoms with E-state index in [9.17, 15) is 4.79 Å². The third-order valence-corrected chi connectivity index (χ3v) is 4.48. The minimum Gasteiger partial charge on any atom is -0.389 e. The molecule has 1 amide bonds. The summed E-state index contributed by atoms with van der Waals surface area (Å²) in [4.78, 5) is 14.3.